The van der Waals surface area contributed by atoms with Gasteiger partial charge < -0.3 is 19.9 Å². The van der Waals surface area contributed by atoms with Crippen molar-refractivity contribution in [1.29, 1.82) is 0 Å². The van der Waals surface area contributed by atoms with E-state index in [0.717, 1.165) is 50.8 Å². The molecule has 1 aromatic carbocycles. The molecule has 0 aliphatic carbocycles. The van der Waals surface area contributed by atoms with Crippen molar-refractivity contribution in [3.8, 4) is 0 Å². The van der Waals surface area contributed by atoms with Gasteiger partial charge in [0.1, 0.15) is 6.10 Å². The van der Waals surface area contributed by atoms with Gasteiger partial charge in [0.25, 0.3) is 0 Å². The maximum Gasteiger partial charge on any atom is 0.194 e. The van der Waals surface area contributed by atoms with Gasteiger partial charge in [-0.3, -0.25) is 9.67 Å². The summed E-state index contributed by atoms with van der Waals surface area (Å²) in [6, 6.07) is 10.7. The van der Waals surface area contributed by atoms with Crippen LogP contribution < -0.4 is 10.2 Å². The molecule has 2 aliphatic rings. The maximum atomic E-state index is 5.99. The van der Waals surface area contributed by atoms with E-state index in [1.54, 1.807) is 0 Å². The Kier molecular flexibility index (Phi) is 8.38. The highest BCUT2D eigenvalue weighted by atomic mass is 127. The third kappa shape index (κ3) is 5.66. The third-order valence-electron chi connectivity index (χ3n) is 5.70. The smallest absolute Gasteiger partial charge is 0.194 e. The highest BCUT2D eigenvalue weighted by Crippen LogP contribution is 2.24. The standard InChI is InChI=1S/C22H32N6O.HI/c1-3-23-22(28-11-12-29-21(17-28)19-14-25-26(2)16-19)24-13-18-9-10-27(15-18)20-7-5-4-6-8-20;/h4-8,14,16,18,21H,3,9-13,15,17H2,1-2H3,(H,23,24);1H. The molecule has 7 nitrogen and oxygen atoms in total. The molecule has 0 amide bonds. The molecule has 2 aromatic rings. The van der Waals surface area contributed by atoms with Crippen LogP contribution in [0.15, 0.2) is 47.7 Å². The summed E-state index contributed by atoms with van der Waals surface area (Å²) in [6.07, 6.45) is 5.17. The Bertz CT molecular complexity index is 811. The van der Waals surface area contributed by atoms with Crippen LogP contribution in [0.2, 0.25) is 0 Å². The first-order chi connectivity index (χ1) is 14.2. The number of aromatic nitrogens is 2. The first-order valence-electron chi connectivity index (χ1n) is 10.7. The van der Waals surface area contributed by atoms with Gasteiger partial charge in [-0.15, -0.1) is 24.0 Å². The van der Waals surface area contributed by atoms with Gasteiger partial charge in [-0.1, -0.05) is 18.2 Å². The zero-order valence-electron chi connectivity index (χ0n) is 17.9. The maximum absolute atomic E-state index is 5.99. The highest BCUT2D eigenvalue weighted by molar-refractivity contribution is 14.0. The van der Waals surface area contributed by atoms with Crippen molar-refractivity contribution in [2.45, 2.75) is 19.4 Å². The van der Waals surface area contributed by atoms with Crippen molar-refractivity contribution in [2.24, 2.45) is 18.0 Å². The van der Waals surface area contributed by atoms with Crippen LogP contribution in [-0.4, -0.2) is 66.5 Å². The van der Waals surface area contributed by atoms with E-state index in [1.807, 2.05) is 24.1 Å². The van der Waals surface area contributed by atoms with E-state index in [4.69, 9.17) is 9.73 Å². The Morgan fingerprint density at radius 2 is 2.07 bits per heavy atom. The number of morpholine rings is 1. The zero-order chi connectivity index (χ0) is 20.1. The van der Waals surface area contributed by atoms with Gasteiger partial charge in [0, 0.05) is 57.2 Å². The second kappa shape index (κ2) is 11.0. The third-order valence-corrected chi connectivity index (χ3v) is 5.70. The average molecular weight is 524 g/mol. The number of hydrogen-bond acceptors (Lipinski definition) is 4. The summed E-state index contributed by atoms with van der Waals surface area (Å²) in [5.41, 5.74) is 2.45. The molecule has 1 aromatic heterocycles. The number of para-hydroxylation sites is 1. The van der Waals surface area contributed by atoms with Crippen LogP contribution in [0.4, 0.5) is 5.69 Å². The van der Waals surface area contributed by atoms with Crippen molar-refractivity contribution < 1.29 is 4.74 Å². The number of nitrogens with one attached hydrogen (secondary N) is 1. The molecule has 0 saturated carbocycles. The fraction of sp³-hybridized carbons (Fsp3) is 0.545. The van der Waals surface area contributed by atoms with Crippen molar-refractivity contribution >= 4 is 35.6 Å². The molecule has 2 aliphatic heterocycles. The minimum atomic E-state index is 0. The molecule has 2 atom stereocenters. The molecule has 0 radical (unpaired) electrons. The van der Waals surface area contributed by atoms with Gasteiger partial charge in [-0.05, 0) is 31.4 Å². The Labute approximate surface area is 196 Å². The van der Waals surface area contributed by atoms with Crippen LogP contribution in [-0.2, 0) is 11.8 Å². The summed E-state index contributed by atoms with van der Waals surface area (Å²) in [5.74, 6) is 1.60. The summed E-state index contributed by atoms with van der Waals surface area (Å²) in [6.45, 7) is 8.42. The number of anilines is 1. The van der Waals surface area contributed by atoms with Gasteiger partial charge in [-0.2, -0.15) is 5.10 Å². The predicted molar refractivity (Wildman–Crippen MR) is 132 cm³/mol. The van der Waals surface area contributed by atoms with Crippen LogP contribution in [0, 0.1) is 5.92 Å². The number of aliphatic imine (C=N–C) groups is 1. The minimum Gasteiger partial charge on any atom is -0.371 e. The van der Waals surface area contributed by atoms with E-state index in [2.05, 4.69) is 57.5 Å². The first-order valence-corrected chi connectivity index (χ1v) is 10.7. The zero-order valence-corrected chi connectivity index (χ0v) is 20.2. The fourth-order valence-electron chi connectivity index (χ4n) is 4.15. The number of benzene rings is 1. The molecule has 30 heavy (non-hydrogen) atoms. The summed E-state index contributed by atoms with van der Waals surface area (Å²) in [4.78, 5) is 9.81. The number of hydrogen-bond donors (Lipinski definition) is 1. The second-order valence-corrected chi connectivity index (χ2v) is 7.88. The van der Waals surface area contributed by atoms with Crippen molar-refractivity contribution in [1.82, 2.24) is 20.0 Å². The average Bonchev–Trinajstić information content (AvgIpc) is 3.41. The lowest BCUT2D eigenvalue weighted by Crippen LogP contribution is -2.48. The predicted octanol–water partition coefficient (Wildman–Crippen LogP) is 2.90. The SMILES string of the molecule is CCNC(=NCC1CCN(c2ccccc2)C1)N1CCOC(c2cnn(C)c2)C1.I. The summed E-state index contributed by atoms with van der Waals surface area (Å²) >= 11 is 0. The molecule has 1 N–H and O–H groups in total. The van der Waals surface area contributed by atoms with Gasteiger partial charge in [-0.25, -0.2) is 0 Å². The van der Waals surface area contributed by atoms with Gasteiger partial charge >= 0.3 is 0 Å². The van der Waals surface area contributed by atoms with E-state index >= 15 is 0 Å². The number of halogens is 1. The molecule has 8 heteroatoms. The Morgan fingerprint density at radius 1 is 1.23 bits per heavy atom. The van der Waals surface area contributed by atoms with E-state index in [-0.39, 0.29) is 30.1 Å². The summed E-state index contributed by atoms with van der Waals surface area (Å²) in [7, 11) is 1.94. The molecule has 0 bridgehead atoms. The molecule has 3 heterocycles. The molecular weight excluding hydrogens is 491 g/mol. The lowest BCUT2D eigenvalue weighted by Gasteiger charge is -2.35. The minimum absolute atomic E-state index is 0. The molecular formula is C22H33IN6O. The Morgan fingerprint density at radius 3 is 2.80 bits per heavy atom. The van der Waals surface area contributed by atoms with E-state index in [0.29, 0.717) is 12.5 Å². The number of rotatable bonds is 5. The number of nitrogens with zero attached hydrogens (tertiary/aromatic N) is 5. The summed E-state index contributed by atoms with van der Waals surface area (Å²) in [5, 5.41) is 7.77. The number of ether oxygens (including phenoxy) is 1. The van der Waals surface area contributed by atoms with E-state index in [9.17, 15) is 0 Å². The molecule has 4 rings (SSSR count). The summed E-state index contributed by atoms with van der Waals surface area (Å²) < 4.78 is 7.82. The second-order valence-electron chi connectivity index (χ2n) is 7.88. The van der Waals surface area contributed by atoms with Crippen molar-refractivity contribution in [2.75, 3.05) is 50.8 Å². The van der Waals surface area contributed by atoms with Crippen LogP contribution in [0.1, 0.15) is 25.0 Å². The van der Waals surface area contributed by atoms with E-state index < -0.39 is 0 Å². The quantitative estimate of drug-likeness (QED) is 0.371. The molecule has 2 fully saturated rings. The Balaban J connectivity index is 0.00000256. The molecule has 164 valence electrons. The topological polar surface area (TPSA) is 57.9 Å². The van der Waals surface area contributed by atoms with Gasteiger partial charge in [0.15, 0.2) is 5.96 Å². The van der Waals surface area contributed by atoms with Crippen LogP contribution in [0.3, 0.4) is 0 Å². The van der Waals surface area contributed by atoms with Crippen LogP contribution in [0.5, 0.6) is 0 Å². The normalized spacial score (nSPS) is 22.1. The van der Waals surface area contributed by atoms with Crippen molar-refractivity contribution in [3.63, 3.8) is 0 Å². The van der Waals surface area contributed by atoms with Gasteiger partial charge in [0.2, 0.25) is 0 Å². The molecule has 2 unspecified atom stereocenters. The lowest BCUT2D eigenvalue weighted by atomic mass is 10.1. The largest absolute Gasteiger partial charge is 0.371 e. The lowest BCUT2D eigenvalue weighted by molar-refractivity contribution is -0.00805. The Hall–Kier alpha value is -1.81. The van der Waals surface area contributed by atoms with E-state index in [1.165, 1.54) is 12.1 Å². The monoisotopic (exact) mass is 524 g/mol. The fourth-order valence-corrected chi connectivity index (χ4v) is 4.15. The van der Waals surface area contributed by atoms with Crippen molar-refractivity contribution in [3.05, 3.63) is 48.3 Å². The highest BCUT2D eigenvalue weighted by Gasteiger charge is 2.26. The molecule has 0 spiro atoms. The van der Waals surface area contributed by atoms with Gasteiger partial charge in [0.05, 0.1) is 19.3 Å². The molecule has 2 saturated heterocycles. The number of guanidine groups is 1. The van der Waals surface area contributed by atoms with Crippen LogP contribution >= 0.6 is 24.0 Å². The van der Waals surface area contributed by atoms with Crippen LogP contribution in [0.25, 0.3) is 0 Å². The first kappa shape index (κ1) is 22.9. The number of aryl methyl sites for hydroxylation is 1.